The highest BCUT2D eigenvalue weighted by Gasteiger charge is 2.32. The van der Waals surface area contributed by atoms with E-state index in [0.29, 0.717) is 0 Å². The number of rotatable bonds is 4. The molecular weight excluding hydrogens is 234 g/mol. The highest BCUT2D eigenvalue weighted by molar-refractivity contribution is 5.35. The molecule has 2 nitrogen and oxygen atoms in total. The first-order chi connectivity index (χ1) is 9.15. The zero-order chi connectivity index (χ0) is 13.3. The molecule has 0 amide bonds. The number of nitrogens with zero attached hydrogens (tertiary/aromatic N) is 1. The van der Waals surface area contributed by atoms with Crippen LogP contribution in [0.2, 0.25) is 0 Å². The van der Waals surface area contributed by atoms with Crippen molar-refractivity contribution in [3.05, 3.63) is 34.9 Å². The Morgan fingerprint density at radius 1 is 1.11 bits per heavy atom. The standard InChI is InChI=1S/C17H25NO/c1-18(13-17(19)9-2-3-10-17)12-14-7-8-15-5-4-6-16(15)11-14/h7-8,11,19H,2-6,9-10,12-13H2,1H3. The Morgan fingerprint density at radius 2 is 1.84 bits per heavy atom. The van der Waals surface area contributed by atoms with E-state index in [9.17, 15) is 5.11 Å². The molecule has 2 aliphatic rings. The van der Waals surface area contributed by atoms with Crippen LogP contribution in [0.3, 0.4) is 0 Å². The number of hydrogen-bond donors (Lipinski definition) is 1. The molecule has 0 aromatic heterocycles. The third-order valence-corrected chi connectivity index (χ3v) is 4.71. The molecule has 0 spiro atoms. The summed E-state index contributed by atoms with van der Waals surface area (Å²) in [6, 6.07) is 6.94. The summed E-state index contributed by atoms with van der Waals surface area (Å²) in [5, 5.41) is 10.5. The van der Waals surface area contributed by atoms with E-state index in [1.165, 1.54) is 37.7 Å². The van der Waals surface area contributed by atoms with E-state index in [4.69, 9.17) is 0 Å². The Balaban J connectivity index is 1.61. The van der Waals surface area contributed by atoms with Gasteiger partial charge in [-0.05, 0) is 55.8 Å². The SMILES string of the molecule is CN(Cc1ccc2c(c1)CCC2)CC1(O)CCCC1. The second-order valence-electron chi connectivity index (χ2n) is 6.56. The van der Waals surface area contributed by atoms with Gasteiger partial charge in [0.2, 0.25) is 0 Å². The number of hydrogen-bond acceptors (Lipinski definition) is 2. The number of benzene rings is 1. The van der Waals surface area contributed by atoms with Crippen molar-refractivity contribution in [2.75, 3.05) is 13.6 Å². The van der Waals surface area contributed by atoms with Gasteiger partial charge in [0.1, 0.15) is 0 Å². The maximum absolute atomic E-state index is 10.5. The summed E-state index contributed by atoms with van der Waals surface area (Å²) < 4.78 is 0. The van der Waals surface area contributed by atoms with E-state index in [2.05, 4.69) is 30.1 Å². The number of likely N-dealkylation sites (N-methyl/N-ethyl adjacent to an activating group) is 1. The smallest absolute Gasteiger partial charge is 0.0774 e. The van der Waals surface area contributed by atoms with Gasteiger partial charge in [0, 0.05) is 13.1 Å². The zero-order valence-corrected chi connectivity index (χ0v) is 12.0. The van der Waals surface area contributed by atoms with Crippen molar-refractivity contribution in [1.29, 1.82) is 0 Å². The molecule has 1 aromatic rings. The molecule has 0 radical (unpaired) electrons. The molecule has 0 atom stereocenters. The van der Waals surface area contributed by atoms with Crippen LogP contribution in [0.5, 0.6) is 0 Å². The Kier molecular flexibility index (Phi) is 3.64. The van der Waals surface area contributed by atoms with Crippen LogP contribution in [-0.2, 0) is 19.4 Å². The molecule has 1 N–H and O–H groups in total. The highest BCUT2D eigenvalue weighted by Crippen LogP contribution is 2.30. The van der Waals surface area contributed by atoms with Gasteiger partial charge in [-0.3, -0.25) is 4.90 Å². The van der Waals surface area contributed by atoms with Gasteiger partial charge in [0.15, 0.2) is 0 Å². The Labute approximate surface area is 116 Å². The number of aliphatic hydroxyl groups is 1. The lowest BCUT2D eigenvalue weighted by atomic mass is 10.0. The minimum atomic E-state index is -0.425. The molecule has 0 bridgehead atoms. The predicted octanol–water partition coefficient (Wildman–Crippen LogP) is 2.91. The average Bonchev–Trinajstić information content (AvgIpc) is 2.97. The largest absolute Gasteiger partial charge is 0.389 e. The number of fused-ring (bicyclic) bond motifs is 1. The molecule has 2 aliphatic carbocycles. The van der Waals surface area contributed by atoms with Crippen molar-refractivity contribution < 1.29 is 5.11 Å². The quantitative estimate of drug-likeness (QED) is 0.898. The lowest BCUT2D eigenvalue weighted by Crippen LogP contribution is -2.38. The molecular formula is C17H25NO. The fourth-order valence-corrected chi connectivity index (χ4v) is 3.78. The van der Waals surface area contributed by atoms with Crippen molar-refractivity contribution in [1.82, 2.24) is 4.90 Å². The molecule has 1 aromatic carbocycles. The van der Waals surface area contributed by atoms with Crippen LogP contribution >= 0.6 is 0 Å². The van der Waals surface area contributed by atoms with Crippen molar-refractivity contribution in [3.8, 4) is 0 Å². The summed E-state index contributed by atoms with van der Waals surface area (Å²) in [4.78, 5) is 2.28. The van der Waals surface area contributed by atoms with Gasteiger partial charge in [-0.15, -0.1) is 0 Å². The summed E-state index contributed by atoms with van der Waals surface area (Å²) in [5.74, 6) is 0. The molecule has 1 saturated carbocycles. The summed E-state index contributed by atoms with van der Waals surface area (Å²) >= 11 is 0. The third kappa shape index (κ3) is 3.01. The maximum atomic E-state index is 10.5. The Bertz CT molecular complexity index is 449. The molecule has 1 fully saturated rings. The molecule has 19 heavy (non-hydrogen) atoms. The second kappa shape index (κ2) is 5.26. The first-order valence-corrected chi connectivity index (χ1v) is 7.66. The van der Waals surface area contributed by atoms with E-state index in [1.54, 1.807) is 11.1 Å². The summed E-state index contributed by atoms with van der Waals surface area (Å²) in [6.07, 6.45) is 8.13. The fraction of sp³-hybridized carbons (Fsp3) is 0.647. The lowest BCUT2D eigenvalue weighted by molar-refractivity contribution is 0.0145. The van der Waals surface area contributed by atoms with E-state index in [0.717, 1.165) is 25.9 Å². The van der Waals surface area contributed by atoms with E-state index >= 15 is 0 Å². The lowest BCUT2D eigenvalue weighted by Gasteiger charge is -2.28. The molecule has 0 heterocycles. The predicted molar refractivity (Wildman–Crippen MR) is 78.2 cm³/mol. The first kappa shape index (κ1) is 13.1. The van der Waals surface area contributed by atoms with Crippen LogP contribution < -0.4 is 0 Å². The van der Waals surface area contributed by atoms with Gasteiger partial charge >= 0.3 is 0 Å². The topological polar surface area (TPSA) is 23.5 Å². The average molecular weight is 259 g/mol. The zero-order valence-electron chi connectivity index (χ0n) is 12.0. The van der Waals surface area contributed by atoms with Crippen LogP contribution in [-0.4, -0.2) is 29.2 Å². The molecule has 104 valence electrons. The minimum absolute atomic E-state index is 0.425. The van der Waals surface area contributed by atoms with Gasteiger partial charge in [0.05, 0.1) is 5.60 Å². The summed E-state index contributed by atoms with van der Waals surface area (Å²) in [5.41, 5.74) is 4.06. The van der Waals surface area contributed by atoms with Gasteiger partial charge in [-0.2, -0.15) is 0 Å². The molecule has 0 aliphatic heterocycles. The van der Waals surface area contributed by atoms with E-state index in [1.807, 2.05) is 0 Å². The molecule has 2 heteroatoms. The van der Waals surface area contributed by atoms with Crippen LogP contribution in [0.1, 0.15) is 48.8 Å². The van der Waals surface area contributed by atoms with Gasteiger partial charge < -0.3 is 5.11 Å². The van der Waals surface area contributed by atoms with E-state index < -0.39 is 5.60 Å². The van der Waals surface area contributed by atoms with Crippen molar-refractivity contribution in [2.24, 2.45) is 0 Å². The Hall–Kier alpha value is -0.860. The highest BCUT2D eigenvalue weighted by atomic mass is 16.3. The molecule has 0 unspecified atom stereocenters. The second-order valence-corrected chi connectivity index (χ2v) is 6.56. The molecule has 3 rings (SSSR count). The summed E-state index contributed by atoms with van der Waals surface area (Å²) in [6.45, 7) is 1.76. The van der Waals surface area contributed by atoms with E-state index in [-0.39, 0.29) is 0 Å². The monoisotopic (exact) mass is 259 g/mol. The maximum Gasteiger partial charge on any atom is 0.0774 e. The minimum Gasteiger partial charge on any atom is -0.389 e. The van der Waals surface area contributed by atoms with Gasteiger partial charge in [-0.1, -0.05) is 31.0 Å². The fourth-order valence-electron chi connectivity index (χ4n) is 3.78. The Morgan fingerprint density at radius 3 is 2.63 bits per heavy atom. The van der Waals surface area contributed by atoms with Gasteiger partial charge in [0.25, 0.3) is 0 Å². The van der Waals surface area contributed by atoms with Crippen molar-refractivity contribution >= 4 is 0 Å². The van der Waals surface area contributed by atoms with Crippen molar-refractivity contribution in [3.63, 3.8) is 0 Å². The number of aryl methyl sites for hydroxylation is 2. The third-order valence-electron chi connectivity index (χ3n) is 4.71. The first-order valence-electron chi connectivity index (χ1n) is 7.66. The molecule has 0 saturated heterocycles. The van der Waals surface area contributed by atoms with Crippen molar-refractivity contribution in [2.45, 2.75) is 57.1 Å². The van der Waals surface area contributed by atoms with Crippen LogP contribution in [0, 0.1) is 0 Å². The normalized spacial score (nSPS) is 21.0. The van der Waals surface area contributed by atoms with Crippen LogP contribution in [0.4, 0.5) is 0 Å². The van der Waals surface area contributed by atoms with Crippen LogP contribution in [0.25, 0.3) is 0 Å². The summed E-state index contributed by atoms with van der Waals surface area (Å²) in [7, 11) is 2.13. The van der Waals surface area contributed by atoms with Gasteiger partial charge in [-0.25, -0.2) is 0 Å². The van der Waals surface area contributed by atoms with Crippen LogP contribution in [0.15, 0.2) is 18.2 Å².